The topological polar surface area (TPSA) is 82.0 Å². The van der Waals surface area contributed by atoms with Crippen LogP contribution in [0.3, 0.4) is 0 Å². The minimum atomic E-state index is 0.505. The van der Waals surface area contributed by atoms with Crippen LogP contribution in [-0.2, 0) is 13.0 Å². The normalized spacial score (nSPS) is 11.3. The maximum Gasteiger partial charge on any atom is 0.177 e. The molecule has 5 aromatic rings. The Hall–Kier alpha value is -3.64. The van der Waals surface area contributed by atoms with Gasteiger partial charge in [-0.3, -0.25) is 4.98 Å². The summed E-state index contributed by atoms with van der Waals surface area (Å²) in [6.07, 6.45) is 2.45. The zero-order valence-electron chi connectivity index (χ0n) is 15.2. The fourth-order valence-corrected chi connectivity index (χ4v) is 3.37. The highest BCUT2D eigenvalue weighted by Gasteiger charge is 2.10. The average molecular weight is 366 g/mol. The van der Waals surface area contributed by atoms with Gasteiger partial charge in [0.05, 0.1) is 11.2 Å². The van der Waals surface area contributed by atoms with Gasteiger partial charge in [-0.1, -0.05) is 30.3 Å². The number of hydrogen-bond donors (Lipinski definition) is 1. The summed E-state index contributed by atoms with van der Waals surface area (Å²) in [4.78, 5) is 4.37. The summed E-state index contributed by atoms with van der Waals surface area (Å²) in [5.41, 5.74) is 11.6. The van der Waals surface area contributed by atoms with Gasteiger partial charge in [-0.25, -0.2) is 0 Å². The fourth-order valence-electron chi connectivity index (χ4n) is 3.37. The maximum atomic E-state index is 5.77. The van der Waals surface area contributed by atoms with E-state index in [0.717, 1.165) is 44.8 Å². The van der Waals surface area contributed by atoms with Crippen LogP contribution in [0.15, 0.2) is 72.9 Å². The monoisotopic (exact) mass is 366 g/mol. The van der Waals surface area contributed by atoms with Gasteiger partial charge in [-0.15, -0.1) is 10.2 Å². The zero-order chi connectivity index (χ0) is 18.9. The van der Waals surface area contributed by atoms with Gasteiger partial charge in [-0.2, -0.15) is 9.61 Å². The molecule has 0 amide bonds. The molecule has 0 aliphatic heterocycles. The molecule has 6 heteroatoms. The predicted molar refractivity (Wildman–Crippen MR) is 109 cm³/mol. The van der Waals surface area contributed by atoms with Gasteiger partial charge in [0.1, 0.15) is 0 Å². The van der Waals surface area contributed by atoms with Crippen molar-refractivity contribution in [1.29, 1.82) is 0 Å². The first kappa shape index (κ1) is 16.5. The lowest BCUT2D eigenvalue weighted by atomic mass is 10.1. The number of hydrogen-bond acceptors (Lipinski definition) is 5. The van der Waals surface area contributed by atoms with Crippen molar-refractivity contribution < 1.29 is 0 Å². The third kappa shape index (κ3) is 3.00. The molecule has 0 atom stereocenters. The third-order valence-electron chi connectivity index (χ3n) is 4.82. The van der Waals surface area contributed by atoms with Gasteiger partial charge >= 0.3 is 0 Å². The summed E-state index contributed by atoms with van der Waals surface area (Å²) in [6.45, 7) is 0.505. The summed E-state index contributed by atoms with van der Waals surface area (Å²) in [7, 11) is 0. The molecular formula is C22H18N6. The second-order valence-electron chi connectivity index (χ2n) is 6.72. The van der Waals surface area contributed by atoms with Crippen LogP contribution >= 0.6 is 0 Å². The van der Waals surface area contributed by atoms with Gasteiger partial charge in [0.25, 0.3) is 0 Å². The van der Waals surface area contributed by atoms with Crippen molar-refractivity contribution in [3.05, 3.63) is 89.9 Å². The number of nitrogens with zero attached hydrogens (tertiary/aromatic N) is 5. The summed E-state index contributed by atoms with van der Waals surface area (Å²) >= 11 is 0. The van der Waals surface area contributed by atoms with Gasteiger partial charge in [0, 0.05) is 30.1 Å². The Morgan fingerprint density at radius 1 is 0.857 bits per heavy atom. The first-order valence-electron chi connectivity index (χ1n) is 9.14. The number of aromatic nitrogens is 5. The molecule has 5 rings (SSSR count). The quantitative estimate of drug-likeness (QED) is 0.527. The lowest BCUT2D eigenvalue weighted by molar-refractivity contribution is 0.842. The molecule has 0 fully saturated rings. The standard InChI is InChI=1S/C22H18N6/c23-14-16-3-1-4-18(12-16)20-8-9-21-25-26-22(28(21)27-20)13-15-6-7-19-17(11-15)5-2-10-24-19/h1-12H,13-14,23H2. The smallest absolute Gasteiger partial charge is 0.177 e. The molecule has 0 spiro atoms. The molecule has 0 bridgehead atoms. The van der Waals surface area contributed by atoms with E-state index >= 15 is 0 Å². The molecule has 0 saturated heterocycles. The van der Waals surface area contributed by atoms with Crippen molar-refractivity contribution in [3.63, 3.8) is 0 Å². The minimum Gasteiger partial charge on any atom is -0.326 e. The Kier molecular flexibility index (Phi) is 4.03. The highest BCUT2D eigenvalue weighted by Crippen LogP contribution is 2.20. The predicted octanol–water partition coefficient (Wildman–Crippen LogP) is 3.39. The van der Waals surface area contributed by atoms with E-state index < -0.39 is 0 Å². The Balaban J connectivity index is 1.54. The summed E-state index contributed by atoms with van der Waals surface area (Å²) < 4.78 is 1.82. The molecule has 3 aromatic heterocycles. The first-order valence-corrected chi connectivity index (χ1v) is 9.14. The maximum absolute atomic E-state index is 5.77. The van der Waals surface area contributed by atoms with Crippen LogP contribution in [0.2, 0.25) is 0 Å². The minimum absolute atomic E-state index is 0.505. The molecule has 6 nitrogen and oxygen atoms in total. The van der Waals surface area contributed by atoms with E-state index in [9.17, 15) is 0 Å². The molecule has 3 heterocycles. The zero-order valence-corrected chi connectivity index (χ0v) is 15.2. The van der Waals surface area contributed by atoms with Crippen LogP contribution < -0.4 is 5.73 Å². The fraction of sp³-hybridized carbons (Fsp3) is 0.0909. The van der Waals surface area contributed by atoms with E-state index in [0.29, 0.717) is 13.0 Å². The summed E-state index contributed by atoms with van der Waals surface area (Å²) in [5, 5.41) is 14.5. The largest absolute Gasteiger partial charge is 0.326 e. The second-order valence-corrected chi connectivity index (χ2v) is 6.72. The van der Waals surface area contributed by atoms with Crippen molar-refractivity contribution >= 4 is 16.6 Å². The van der Waals surface area contributed by atoms with Crippen molar-refractivity contribution in [3.8, 4) is 11.3 Å². The first-order chi connectivity index (χ1) is 13.8. The van der Waals surface area contributed by atoms with E-state index in [4.69, 9.17) is 10.8 Å². The molecule has 28 heavy (non-hydrogen) atoms. The number of pyridine rings is 1. The van der Waals surface area contributed by atoms with E-state index in [-0.39, 0.29) is 0 Å². The van der Waals surface area contributed by atoms with Crippen LogP contribution in [-0.4, -0.2) is 24.8 Å². The van der Waals surface area contributed by atoms with E-state index in [1.165, 1.54) is 0 Å². The van der Waals surface area contributed by atoms with Gasteiger partial charge in [0.15, 0.2) is 11.5 Å². The number of nitrogens with two attached hydrogens (primary N) is 1. The highest BCUT2D eigenvalue weighted by molar-refractivity contribution is 5.79. The third-order valence-corrected chi connectivity index (χ3v) is 4.82. The van der Waals surface area contributed by atoms with E-state index in [1.807, 2.05) is 47.0 Å². The van der Waals surface area contributed by atoms with Crippen molar-refractivity contribution in [1.82, 2.24) is 24.8 Å². The van der Waals surface area contributed by atoms with Crippen LogP contribution in [0.25, 0.3) is 27.8 Å². The van der Waals surface area contributed by atoms with Gasteiger partial charge < -0.3 is 5.73 Å². The van der Waals surface area contributed by atoms with Crippen molar-refractivity contribution in [2.75, 3.05) is 0 Å². The van der Waals surface area contributed by atoms with Crippen LogP contribution in [0.4, 0.5) is 0 Å². The SMILES string of the molecule is NCc1cccc(-c2ccc3nnc(Cc4ccc5ncccc5c4)n3n2)c1. The number of fused-ring (bicyclic) bond motifs is 2. The Morgan fingerprint density at radius 3 is 2.75 bits per heavy atom. The van der Waals surface area contributed by atoms with Crippen LogP contribution in [0, 0.1) is 0 Å². The van der Waals surface area contributed by atoms with Crippen molar-refractivity contribution in [2.24, 2.45) is 5.73 Å². The molecule has 136 valence electrons. The Morgan fingerprint density at radius 2 is 1.82 bits per heavy atom. The second kappa shape index (κ2) is 6.83. The molecule has 0 aliphatic rings. The lowest BCUT2D eigenvalue weighted by Gasteiger charge is -2.06. The molecule has 2 aromatic carbocycles. The number of rotatable bonds is 4. The average Bonchev–Trinajstić information content (AvgIpc) is 3.15. The van der Waals surface area contributed by atoms with Gasteiger partial charge in [-0.05, 0) is 47.5 Å². The van der Waals surface area contributed by atoms with Crippen LogP contribution in [0.1, 0.15) is 17.0 Å². The molecule has 0 radical (unpaired) electrons. The van der Waals surface area contributed by atoms with Crippen molar-refractivity contribution in [2.45, 2.75) is 13.0 Å². The highest BCUT2D eigenvalue weighted by atomic mass is 15.4. The molecule has 0 unspecified atom stereocenters. The Bertz CT molecular complexity index is 1290. The molecule has 0 aliphatic carbocycles. The molecule has 0 saturated carbocycles. The molecular weight excluding hydrogens is 348 g/mol. The Labute approximate surface area is 161 Å². The van der Waals surface area contributed by atoms with E-state index in [2.05, 4.69) is 39.4 Å². The van der Waals surface area contributed by atoms with Gasteiger partial charge in [0.2, 0.25) is 0 Å². The number of benzene rings is 2. The summed E-state index contributed by atoms with van der Waals surface area (Å²) in [6, 6.07) is 22.3. The van der Waals surface area contributed by atoms with E-state index in [1.54, 1.807) is 6.20 Å². The lowest BCUT2D eigenvalue weighted by Crippen LogP contribution is -2.02. The van der Waals surface area contributed by atoms with Crippen LogP contribution in [0.5, 0.6) is 0 Å². The molecule has 2 N–H and O–H groups in total. The summed E-state index contributed by atoms with van der Waals surface area (Å²) in [5.74, 6) is 0.801.